The van der Waals surface area contributed by atoms with Crippen LogP contribution in [0.1, 0.15) is 65.1 Å². The van der Waals surface area contributed by atoms with Crippen molar-refractivity contribution in [3.63, 3.8) is 0 Å². The molecule has 1 heterocycles. The van der Waals surface area contributed by atoms with Gasteiger partial charge in [-0.1, -0.05) is 47.5 Å². The number of nitrogen functional groups attached to an aromatic ring is 1. The molecule has 0 saturated heterocycles. The van der Waals surface area contributed by atoms with E-state index in [1.54, 1.807) is 7.11 Å². The summed E-state index contributed by atoms with van der Waals surface area (Å²) in [5.41, 5.74) is 9.98. The van der Waals surface area contributed by atoms with Gasteiger partial charge in [0.1, 0.15) is 0 Å². The fourth-order valence-electron chi connectivity index (χ4n) is 2.94. The second-order valence-corrected chi connectivity index (χ2v) is 7.55. The van der Waals surface area contributed by atoms with E-state index in [0.717, 1.165) is 41.6 Å². The number of rotatable bonds is 7. The number of ether oxygens (including phenoxy) is 2. The van der Waals surface area contributed by atoms with Gasteiger partial charge in [0.2, 0.25) is 0 Å². The number of aromatic nitrogens is 1. The summed E-state index contributed by atoms with van der Waals surface area (Å²) in [5.74, 6) is 1.45. The maximum atomic E-state index is 6.32. The summed E-state index contributed by atoms with van der Waals surface area (Å²) in [5, 5.41) is 0.990. The van der Waals surface area contributed by atoms with Crippen molar-refractivity contribution in [1.82, 2.24) is 4.98 Å². The summed E-state index contributed by atoms with van der Waals surface area (Å²) in [6, 6.07) is 4.01. The molecule has 2 rings (SSSR count). The predicted octanol–water partition coefficient (Wildman–Crippen LogP) is 5.25. The molecule has 138 valence electrons. The SMILES string of the molecule is CCCCCOc1c(OC)cc(N)c2nc(C(C)(C)C)cc(CC)c12. The van der Waals surface area contributed by atoms with Crippen molar-refractivity contribution in [1.29, 1.82) is 0 Å². The molecule has 0 spiro atoms. The van der Waals surface area contributed by atoms with Crippen molar-refractivity contribution in [3.05, 3.63) is 23.4 Å². The first kappa shape index (κ1) is 19.4. The van der Waals surface area contributed by atoms with Crippen molar-refractivity contribution in [3.8, 4) is 11.5 Å². The van der Waals surface area contributed by atoms with Crippen molar-refractivity contribution in [2.45, 2.75) is 65.7 Å². The van der Waals surface area contributed by atoms with Crippen LogP contribution in [0.25, 0.3) is 10.9 Å². The molecule has 0 unspecified atom stereocenters. The average molecular weight is 344 g/mol. The van der Waals surface area contributed by atoms with Crippen LogP contribution in [0.3, 0.4) is 0 Å². The molecule has 0 aliphatic rings. The molecule has 0 saturated carbocycles. The van der Waals surface area contributed by atoms with Crippen LogP contribution in [-0.2, 0) is 11.8 Å². The van der Waals surface area contributed by atoms with Gasteiger partial charge in [-0.3, -0.25) is 0 Å². The van der Waals surface area contributed by atoms with Crippen molar-refractivity contribution in [2.24, 2.45) is 0 Å². The zero-order chi connectivity index (χ0) is 18.6. The summed E-state index contributed by atoms with van der Waals surface area (Å²) >= 11 is 0. The second kappa shape index (κ2) is 7.94. The molecule has 25 heavy (non-hydrogen) atoms. The summed E-state index contributed by atoms with van der Waals surface area (Å²) < 4.78 is 11.7. The molecule has 4 nitrogen and oxygen atoms in total. The summed E-state index contributed by atoms with van der Waals surface area (Å²) in [6.07, 6.45) is 4.24. The van der Waals surface area contributed by atoms with Gasteiger partial charge < -0.3 is 15.2 Å². The third-order valence-corrected chi connectivity index (χ3v) is 4.48. The summed E-state index contributed by atoms with van der Waals surface area (Å²) in [7, 11) is 1.65. The molecule has 2 N–H and O–H groups in total. The van der Waals surface area contributed by atoms with Crippen LogP contribution in [0.15, 0.2) is 12.1 Å². The third-order valence-electron chi connectivity index (χ3n) is 4.48. The van der Waals surface area contributed by atoms with E-state index in [1.165, 1.54) is 12.0 Å². The molecular formula is C21H32N2O2. The first-order valence-corrected chi connectivity index (χ1v) is 9.26. The van der Waals surface area contributed by atoms with E-state index in [2.05, 4.69) is 40.7 Å². The number of nitrogens with zero attached hydrogens (tertiary/aromatic N) is 1. The maximum absolute atomic E-state index is 6.32. The molecule has 0 radical (unpaired) electrons. The lowest BCUT2D eigenvalue weighted by Gasteiger charge is -2.22. The largest absolute Gasteiger partial charge is 0.493 e. The molecular weight excluding hydrogens is 312 g/mol. The Balaban J connectivity index is 2.66. The minimum absolute atomic E-state index is 0.0351. The highest BCUT2D eigenvalue weighted by molar-refractivity contribution is 5.99. The Bertz CT molecular complexity index is 733. The standard InChI is InChI=1S/C21H32N2O2/c1-7-9-10-11-25-20-16(24-6)13-15(22)19-18(20)14(8-2)12-17(23-19)21(3,4)5/h12-13H,7-11,22H2,1-6H3. The number of pyridine rings is 1. The normalized spacial score (nSPS) is 11.8. The van der Waals surface area contributed by atoms with Gasteiger partial charge in [0.15, 0.2) is 11.5 Å². The Morgan fingerprint density at radius 2 is 1.84 bits per heavy atom. The monoisotopic (exact) mass is 344 g/mol. The highest BCUT2D eigenvalue weighted by atomic mass is 16.5. The molecule has 0 amide bonds. The molecule has 1 aromatic heterocycles. The quantitative estimate of drug-likeness (QED) is 0.550. The minimum atomic E-state index is -0.0351. The average Bonchev–Trinajstić information content (AvgIpc) is 2.58. The molecule has 2 aromatic rings. The van der Waals surface area contributed by atoms with Crippen LogP contribution >= 0.6 is 0 Å². The maximum Gasteiger partial charge on any atom is 0.170 e. The van der Waals surface area contributed by atoms with Gasteiger partial charge in [0, 0.05) is 17.2 Å². The smallest absolute Gasteiger partial charge is 0.170 e. The van der Waals surface area contributed by atoms with Crippen LogP contribution in [0.4, 0.5) is 5.69 Å². The predicted molar refractivity (Wildman–Crippen MR) is 106 cm³/mol. The van der Waals surface area contributed by atoms with E-state index in [9.17, 15) is 0 Å². The van der Waals surface area contributed by atoms with E-state index in [1.807, 2.05) is 6.07 Å². The Morgan fingerprint density at radius 1 is 1.12 bits per heavy atom. The Hall–Kier alpha value is -1.97. The number of unbranched alkanes of at least 4 members (excludes halogenated alkanes) is 2. The van der Waals surface area contributed by atoms with Crippen molar-refractivity contribution in [2.75, 3.05) is 19.5 Å². The van der Waals surface area contributed by atoms with Gasteiger partial charge in [0.05, 0.1) is 30.3 Å². The fraction of sp³-hybridized carbons (Fsp3) is 0.571. The first-order chi connectivity index (χ1) is 11.8. The lowest BCUT2D eigenvalue weighted by molar-refractivity contribution is 0.289. The van der Waals surface area contributed by atoms with Gasteiger partial charge >= 0.3 is 0 Å². The van der Waals surface area contributed by atoms with E-state index in [4.69, 9.17) is 20.2 Å². The zero-order valence-corrected chi connectivity index (χ0v) is 16.5. The number of aryl methyl sites for hydroxylation is 1. The van der Waals surface area contributed by atoms with E-state index >= 15 is 0 Å². The Labute approximate surface area is 151 Å². The lowest BCUT2D eigenvalue weighted by Crippen LogP contribution is -2.15. The topological polar surface area (TPSA) is 57.4 Å². The molecule has 1 aromatic carbocycles. The van der Waals surface area contributed by atoms with E-state index in [-0.39, 0.29) is 5.41 Å². The van der Waals surface area contributed by atoms with Crippen LogP contribution < -0.4 is 15.2 Å². The van der Waals surface area contributed by atoms with Crippen LogP contribution in [0, 0.1) is 0 Å². The summed E-state index contributed by atoms with van der Waals surface area (Å²) in [4.78, 5) is 4.87. The van der Waals surface area contributed by atoms with Gasteiger partial charge in [-0.2, -0.15) is 0 Å². The van der Waals surface area contributed by atoms with Crippen molar-refractivity contribution >= 4 is 16.6 Å². The Morgan fingerprint density at radius 3 is 2.40 bits per heavy atom. The van der Waals surface area contributed by atoms with Gasteiger partial charge in [0.25, 0.3) is 0 Å². The molecule has 0 aliphatic heterocycles. The lowest BCUT2D eigenvalue weighted by atomic mass is 9.89. The number of anilines is 1. The third kappa shape index (κ3) is 4.17. The number of nitrogens with two attached hydrogens (primary N) is 1. The molecule has 4 heteroatoms. The van der Waals surface area contributed by atoms with E-state index in [0.29, 0.717) is 18.0 Å². The van der Waals surface area contributed by atoms with Crippen LogP contribution in [-0.4, -0.2) is 18.7 Å². The first-order valence-electron chi connectivity index (χ1n) is 9.26. The zero-order valence-electron chi connectivity index (χ0n) is 16.5. The van der Waals surface area contributed by atoms with Crippen molar-refractivity contribution < 1.29 is 9.47 Å². The van der Waals surface area contributed by atoms with Gasteiger partial charge in [-0.15, -0.1) is 0 Å². The number of methoxy groups -OCH3 is 1. The van der Waals surface area contributed by atoms with Crippen LogP contribution in [0.5, 0.6) is 11.5 Å². The highest BCUT2D eigenvalue weighted by Gasteiger charge is 2.22. The molecule has 0 fully saturated rings. The van der Waals surface area contributed by atoms with Gasteiger partial charge in [-0.25, -0.2) is 4.98 Å². The number of benzene rings is 1. The van der Waals surface area contributed by atoms with Crippen LogP contribution in [0.2, 0.25) is 0 Å². The molecule has 0 atom stereocenters. The fourth-order valence-corrected chi connectivity index (χ4v) is 2.94. The number of hydrogen-bond donors (Lipinski definition) is 1. The van der Waals surface area contributed by atoms with Gasteiger partial charge in [-0.05, 0) is 24.5 Å². The summed E-state index contributed by atoms with van der Waals surface area (Å²) in [6.45, 7) is 11.5. The second-order valence-electron chi connectivity index (χ2n) is 7.55. The number of hydrogen-bond acceptors (Lipinski definition) is 4. The molecule has 0 aliphatic carbocycles. The molecule has 0 bridgehead atoms. The Kier molecular flexibility index (Phi) is 6.15. The highest BCUT2D eigenvalue weighted by Crippen LogP contribution is 2.42. The minimum Gasteiger partial charge on any atom is -0.493 e. The van der Waals surface area contributed by atoms with E-state index < -0.39 is 0 Å². The number of fused-ring (bicyclic) bond motifs is 1.